The Hall–Kier alpha value is -0.570. The van der Waals surface area contributed by atoms with Gasteiger partial charge in [-0.3, -0.25) is 10.1 Å². The molecule has 0 aromatic rings. The first-order chi connectivity index (χ1) is 9.31. The summed E-state index contributed by atoms with van der Waals surface area (Å²) in [4.78, 5) is 14.8. The van der Waals surface area contributed by atoms with Crippen LogP contribution in [0.1, 0.15) is 73.1 Å². The topological polar surface area (TPSA) is 32.3 Å². The van der Waals surface area contributed by atoms with Gasteiger partial charge in [0.2, 0.25) is 5.91 Å². The number of hydrogen-bond acceptors (Lipinski definition) is 2. The summed E-state index contributed by atoms with van der Waals surface area (Å²) in [6.45, 7) is 12.2. The van der Waals surface area contributed by atoms with E-state index in [0.717, 1.165) is 19.4 Å². The van der Waals surface area contributed by atoms with E-state index in [0.29, 0.717) is 11.8 Å². The number of nitrogens with one attached hydrogen (secondary N) is 1. The number of amides is 1. The number of unbranched alkanes of at least 4 members (excludes halogenated alkanes) is 2. The van der Waals surface area contributed by atoms with Crippen molar-refractivity contribution in [2.24, 2.45) is 11.3 Å². The van der Waals surface area contributed by atoms with Gasteiger partial charge in [0.1, 0.15) is 0 Å². The first kappa shape index (κ1) is 15.8. The van der Waals surface area contributed by atoms with Crippen molar-refractivity contribution < 1.29 is 4.79 Å². The van der Waals surface area contributed by atoms with E-state index in [9.17, 15) is 4.79 Å². The van der Waals surface area contributed by atoms with Gasteiger partial charge in [0.05, 0.1) is 11.7 Å². The Morgan fingerprint density at radius 1 is 1.35 bits per heavy atom. The first-order valence-corrected chi connectivity index (χ1v) is 8.40. The number of hydrogen-bond donors (Lipinski definition) is 1. The van der Waals surface area contributed by atoms with Crippen LogP contribution >= 0.6 is 0 Å². The molecule has 1 aliphatic carbocycles. The van der Waals surface area contributed by atoms with Crippen LogP contribution in [0.3, 0.4) is 0 Å². The van der Waals surface area contributed by atoms with Crippen LogP contribution in [0.4, 0.5) is 0 Å². The second-order valence-electron chi connectivity index (χ2n) is 7.97. The molecule has 2 fully saturated rings. The molecule has 2 rings (SSSR count). The maximum absolute atomic E-state index is 12.7. The van der Waals surface area contributed by atoms with E-state index >= 15 is 0 Å². The molecule has 1 spiro atoms. The molecule has 1 aliphatic heterocycles. The minimum atomic E-state index is -0.172. The Kier molecular flexibility index (Phi) is 4.48. The fraction of sp³-hybridized carbons (Fsp3) is 0.941. The smallest absolute Gasteiger partial charge is 0.244 e. The summed E-state index contributed by atoms with van der Waals surface area (Å²) in [5.41, 5.74) is 0.0501. The molecule has 3 nitrogen and oxygen atoms in total. The van der Waals surface area contributed by atoms with Crippen LogP contribution < -0.4 is 5.32 Å². The second kappa shape index (κ2) is 5.67. The third kappa shape index (κ3) is 3.19. The molecule has 1 saturated carbocycles. The Morgan fingerprint density at radius 3 is 2.50 bits per heavy atom. The molecule has 116 valence electrons. The molecule has 2 aliphatic rings. The van der Waals surface area contributed by atoms with Crippen molar-refractivity contribution >= 4 is 5.91 Å². The van der Waals surface area contributed by atoms with Crippen molar-refractivity contribution in [3.05, 3.63) is 0 Å². The summed E-state index contributed by atoms with van der Waals surface area (Å²) in [6, 6.07) is 0. The third-order valence-corrected chi connectivity index (χ3v) is 4.87. The summed E-state index contributed by atoms with van der Waals surface area (Å²) in [5.74, 6) is 0.838. The van der Waals surface area contributed by atoms with Crippen LogP contribution in [0.25, 0.3) is 0 Å². The molecule has 1 atom stereocenters. The van der Waals surface area contributed by atoms with Crippen LogP contribution in [0.5, 0.6) is 0 Å². The Morgan fingerprint density at radius 2 is 2.00 bits per heavy atom. The highest BCUT2D eigenvalue weighted by Gasteiger charge is 2.59. The lowest BCUT2D eigenvalue weighted by molar-refractivity contribution is -0.132. The lowest BCUT2D eigenvalue weighted by Crippen LogP contribution is -2.45. The normalized spacial score (nSPS) is 25.0. The van der Waals surface area contributed by atoms with E-state index in [1.807, 2.05) is 0 Å². The molecule has 1 amide bonds. The lowest BCUT2D eigenvalue weighted by atomic mass is 9.86. The molecular formula is C17H32N2O. The third-order valence-electron chi connectivity index (χ3n) is 4.87. The Bertz CT molecular complexity index is 358. The van der Waals surface area contributed by atoms with Gasteiger partial charge in [0, 0.05) is 6.54 Å². The van der Waals surface area contributed by atoms with Crippen molar-refractivity contribution in [2.45, 2.75) is 84.8 Å². The summed E-state index contributed by atoms with van der Waals surface area (Å²) in [5, 5.41) is 3.61. The molecule has 20 heavy (non-hydrogen) atoms. The highest BCUT2D eigenvalue weighted by molar-refractivity contribution is 5.91. The van der Waals surface area contributed by atoms with Gasteiger partial charge in [-0.2, -0.15) is 0 Å². The van der Waals surface area contributed by atoms with Gasteiger partial charge in [0.15, 0.2) is 0 Å². The highest BCUT2D eigenvalue weighted by Crippen LogP contribution is 2.44. The highest BCUT2D eigenvalue weighted by atomic mass is 16.2. The van der Waals surface area contributed by atoms with Gasteiger partial charge in [-0.1, -0.05) is 53.9 Å². The predicted molar refractivity (Wildman–Crippen MR) is 83.4 cm³/mol. The molecular weight excluding hydrogens is 248 g/mol. The van der Waals surface area contributed by atoms with Crippen molar-refractivity contribution in [1.82, 2.24) is 10.2 Å². The summed E-state index contributed by atoms with van der Waals surface area (Å²) >= 11 is 0. The van der Waals surface area contributed by atoms with Crippen molar-refractivity contribution in [1.29, 1.82) is 0 Å². The van der Waals surface area contributed by atoms with Crippen LogP contribution in [0, 0.1) is 11.3 Å². The number of nitrogens with zero attached hydrogens (tertiary/aromatic N) is 1. The zero-order chi connectivity index (χ0) is 15.0. The van der Waals surface area contributed by atoms with Gasteiger partial charge >= 0.3 is 0 Å². The molecule has 0 aromatic heterocycles. The monoisotopic (exact) mass is 280 g/mol. The standard InChI is InChI=1S/C17H32N2O/c1-6-7-8-9-16(4,5)12-19-14(13(2)3)18-17(10-11-17)15(19)20/h13-14,18H,6-12H2,1-5H3. The zero-order valence-electron chi connectivity index (χ0n) is 14.0. The van der Waals surface area contributed by atoms with E-state index in [4.69, 9.17) is 0 Å². The molecule has 0 bridgehead atoms. The SMILES string of the molecule is CCCCCC(C)(C)CN1C(=O)C2(CC2)NC1C(C)C. The Labute approximate surface area is 124 Å². The average Bonchev–Trinajstić information content (AvgIpc) is 3.08. The molecule has 1 heterocycles. The summed E-state index contributed by atoms with van der Waals surface area (Å²) in [7, 11) is 0. The summed E-state index contributed by atoms with van der Waals surface area (Å²) in [6.07, 6.45) is 7.34. The molecule has 1 saturated heterocycles. The van der Waals surface area contributed by atoms with E-state index in [2.05, 4.69) is 44.8 Å². The number of carbonyl (C=O) groups excluding carboxylic acids is 1. The van der Waals surface area contributed by atoms with Crippen molar-refractivity contribution in [3.63, 3.8) is 0 Å². The van der Waals surface area contributed by atoms with Crippen LogP contribution in [0.2, 0.25) is 0 Å². The first-order valence-electron chi connectivity index (χ1n) is 8.40. The van der Waals surface area contributed by atoms with Crippen LogP contribution in [-0.4, -0.2) is 29.1 Å². The van der Waals surface area contributed by atoms with Gasteiger partial charge in [0.25, 0.3) is 0 Å². The largest absolute Gasteiger partial charge is 0.325 e. The van der Waals surface area contributed by atoms with Crippen LogP contribution in [0.15, 0.2) is 0 Å². The van der Waals surface area contributed by atoms with E-state index < -0.39 is 0 Å². The fourth-order valence-electron chi connectivity index (χ4n) is 3.40. The summed E-state index contributed by atoms with van der Waals surface area (Å²) < 4.78 is 0. The molecule has 1 unspecified atom stereocenters. The molecule has 3 heteroatoms. The van der Waals surface area contributed by atoms with Gasteiger partial charge in [-0.15, -0.1) is 0 Å². The van der Waals surface area contributed by atoms with Crippen molar-refractivity contribution in [3.8, 4) is 0 Å². The second-order valence-corrected chi connectivity index (χ2v) is 7.97. The van der Waals surface area contributed by atoms with Gasteiger partial charge in [-0.05, 0) is 30.6 Å². The average molecular weight is 280 g/mol. The maximum atomic E-state index is 12.7. The minimum absolute atomic E-state index is 0.172. The quantitative estimate of drug-likeness (QED) is 0.723. The zero-order valence-corrected chi connectivity index (χ0v) is 14.0. The number of carbonyl (C=O) groups is 1. The van der Waals surface area contributed by atoms with E-state index in [-0.39, 0.29) is 17.1 Å². The lowest BCUT2D eigenvalue weighted by Gasteiger charge is -2.35. The molecule has 0 radical (unpaired) electrons. The number of rotatable bonds is 7. The van der Waals surface area contributed by atoms with Gasteiger partial charge in [-0.25, -0.2) is 0 Å². The fourth-order valence-corrected chi connectivity index (χ4v) is 3.40. The molecule has 0 aromatic carbocycles. The Balaban J connectivity index is 2.00. The predicted octanol–water partition coefficient (Wildman–Crippen LogP) is 3.54. The van der Waals surface area contributed by atoms with E-state index in [1.54, 1.807) is 0 Å². The van der Waals surface area contributed by atoms with Crippen molar-refractivity contribution in [2.75, 3.05) is 6.54 Å². The minimum Gasteiger partial charge on any atom is -0.325 e. The molecule has 1 N–H and O–H groups in total. The van der Waals surface area contributed by atoms with Gasteiger partial charge < -0.3 is 4.90 Å². The van der Waals surface area contributed by atoms with Crippen LogP contribution in [-0.2, 0) is 4.79 Å². The van der Waals surface area contributed by atoms with E-state index in [1.165, 1.54) is 25.7 Å². The maximum Gasteiger partial charge on any atom is 0.244 e.